The van der Waals surface area contributed by atoms with Gasteiger partial charge in [0.2, 0.25) is 21.8 Å². The molecule has 1 aromatic carbocycles. The summed E-state index contributed by atoms with van der Waals surface area (Å²) in [6, 6.07) is 10.9. The van der Waals surface area contributed by atoms with Gasteiger partial charge in [0.15, 0.2) is 0 Å². The van der Waals surface area contributed by atoms with Gasteiger partial charge in [0, 0.05) is 12.4 Å². The first kappa shape index (κ1) is 16.3. The number of hydrogen-bond acceptors (Lipinski definition) is 6. The summed E-state index contributed by atoms with van der Waals surface area (Å²) in [6.45, 7) is 1.90. The zero-order valence-corrected chi connectivity index (χ0v) is 13.8. The summed E-state index contributed by atoms with van der Waals surface area (Å²) < 4.78 is 32.2. The van der Waals surface area contributed by atoms with Crippen LogP contribution in [0.25, 0.3) is 11.5 Å². The Morgan fingerprint density at radius 2 is 1.92 bits per heavy atom. The fraction of sp³-hybridized carbons (Fsp3) is 0.188. The molecule has 2 aromatic heterocycles. The zero-order chi connectivity index (χ0) is 17.0. The topological polar surface area (TPSA) is 98.0 Å². The van der Waals surface area contributed by atoms with Crippen molar-refractivity contribution in [1.29, 1.82) is 0 Å². The average molecular weight is 344 g/mol. The quantitative estimate of drug-likeness (QED) is 0.735. The molecule has 3 rings (SSSR count). The molecule has 3 aromatic rings. The van der Waals surface area contributed by atoms with Crippen molar-refractivity contribution in [2.24, 2.45) is 0 Å². The van der Waals surface area contributed by atoms with Crippen molar-refractivity contribution in [2.45, 2.75) is 19.2 Å². The molecule has 2 heterocycles. The maximum absolute atomic E-state index is 12.1. The highest BCUT2D eigenvalue weighted by molar-refractivity contribution is 7.88. The van der Waals surface area contributed by atoms with E-state index in [2.05, 4.69) is 19.9 Å². The molecule has 0 saturated carbocycles. The smallest absolute Gasteiger partial charge is 0.249 e. The van der Waals surface area contributed by atoms with Crippen LogP contribution in [-0.4, -0.2) is 23.6 Å². The fourth-order valence-corrected chi connectivity index (χ4v) is 3.13. The van der Waals surface area contributed by atoms with Crippen molar-refractivity contribution >= 4 is 10.0 Å². The van der Waals surface area contributed by atoms with E-state index in [0.29, 0.717) is 11.5 Å². The van der Waals surface area contributed by atoms with E-state index in [0.717, 1.165) is 11.1 Å². The monoisotopic (exact) mass is 344 g/mol. The lowest BCUT2D eigenvalue weighted by molar-refractivity contribution is 0.494. The van der Waals surface area contributed by atoms with Crippen molar-refractivity contribution in [1.82, 2.24) is 19.9 Å². The van der Waals surface area contributed by atoms with E-state index in [4.69, 9.17) is 4.42 Å². The number of nitrogens with zero attached hydrogens (tertiary/aromatic N) is 3. The number of aromatic nitrogens is 3. The maximum atomic E-state index is 12.1. The Kier molecular flexibility index (Phi) is 4.68. The number of pyridine rings is 1. The number of sulfonamides is 1. The average Bonchev–Trinajstić information content (AvgIpc) is 3.05. The molecule has 8 heteroatoms. The Morgan fingerprint density at radius 1 is 1.12 bits per heavy atom. The van der Waals surface area contributed by atoms with Gasteiger partial charge >= 0.3 is 0 Å². The van der Waals surface area contributed by atoms with E-state index < -0.39 is 10.0 Å². The largest absolute Gasteiger partial charge is 0.419 e. The second-order valence-electron chi connectivity index (χ2n) is 5.31. The third kappa shape index (κ3) is 4.24. The second-order valence-corrected chi connectivity index (χ2v) is 7.12. The molecule has 0 aliphatic carbocycles. The molecule has 0 atom stereocenters. The third-order valence-corrected chi connectivity index (χ3v) is 4.59. The highest BCUT2D eigenvalue weighted by Gasteiger charge is 2.14. The third-order valence-electron chi connectivity index (χ3n) is 3.30. The van der Waals surface area contributed by atoms with Gasteiger partial charge in [-0.1, -0.05) is 29.8 Å². The lowest BCUT2D eigenvalue weighted by atomic mass is 10.2. The molecule has 0 saturated heterocycles. The molecule has 24 heavy (non-hydrogen) atoms. The standard InChI is InChI=1S/C16H16N4O3S/c1-12-4-6-13(7-5-12)11-24(21,22)18-10-15-19-20-16(23-15)14-3-2-8-17-9-14/h2-9,18H,10-11H2,1H3. The van der Waals surface area contributed by atoms with Crippen LogP contribution < -0.4 is 4.72 Å². The SMILES string of the molecule is Cc1ccc(CS(=O)(=O)NCc2nnc(-c3cccnc3)o2)cc1. The molecule has 0 unspecified atom stereocenters. The van der Waals surface area contributed by atoms with Crippen LogP contribution in [0.15, 0.2) is 53.2 Å². The van der Waals surface area contributed by atoms with Crippen LogP contribution >= 0.6 is 0 Å². The van der Waals surface area contributed by atoms with Crippen LogP contribution in [0.1, 0.15) is 17.0 Å². The second kappa shape index (κ2) is 6.90. The molecule has 0 radical (unpaired) electrons. The molecule has 0 amide bonds. The first-order chi connectivity index (χ1) is 11.5. The molecular weight excluding hydrogens is 328 g/mol. The molecule has 0 bridgehead atoms. The van der Waals surface area contributed by atoms with Gasteiger partial charge in [-0.15, -0.1) is 10.2 Å². The first-order valence-electron chi connectivity index (χ1n) is 7.27. The van der Waals surface area contributed by atoms with E-state index in [1.807, 2.05) is 19.1 Å². The lowest BCUT2D eigenvalue weighted by Gasteiger charge is -2.05. The van der Waals surface area contributed by atoms with Crippen molar-refractivity contribution in [2.75, 3.05) is 0 Å². The van der Waals surface area contributed by atoms with Gasteiger partial charge in [0.25, 0.3) is 0 Å². The minimum Gasteiger partial charge on any atom is -0.419 e. The molecule has 1 N–H and O–H groups in total. The van der Waals surface area contributed by atoms with E-state index >= 15 is 0 Å². The van der Waals surface area contributed by atoms with Gasteiger partial charge in [-0.05, 0) is 24.6 Å². The van der Waals surface area contributed by atoms with Gasteiger partial charge in [-0.25, -0.2) is 13.1 Å². The van der Waals surface area contributed by atoms with Crippen LogP contribution in [0.3, 0.4) is 0 Å². The predicted octanol–water partition coefficient (Wildman–Crippen LogP) is 2.06. The molecule has 0 aliphatic rings. The van der Waals surface area contributed by atoms with E-state index in [1.54, 1.807) is 36.7 Å². The van der Waals surface area contributed by atoms with E-state index in [-0.39, 0.29) is 18.2 Å². The van der Waals surface area contributed by atoms with Gasteiger partial charge in [0.1, 0.15) is 0 Å². The van der Waals surface area contributed by atoms with Crippen LogP contribution in [0, 0.1) is 6.92 Å². The molecular formula is C16H16N4O3S. The van der Waals surface area contributed by atoms with E-state index in [9.17, 15) is 8.42 Å². The summed E-state index contributed by atoms with van der Waals surface area (Å²) in [4.78, 5) is 3.97. The van der Waals surface area contributed by atoms with Gasteiger partial charge in [-0.2, -0.15) is 0 Å². The predicted molar refractivity (Wildman–Crippen MR) is 88.2 cm³/mol. The Hall–Kier alpha value is -2.58. The zero-order valence-electron chi connectivity index (χ0n) is 13.0. The Labute approximate surface area is 139 Å². The lowest BCUT2D eigenvalue weighted by Crippen LogP contribution is -2.24. The molecule has 0 fully saturated rings. The maximum Gasteiger partial charge on any atom is 0.249 e. The Bertz CT molecular complexity index is 906. The van der Waals surface area contributed by atoms with Crippen LogP contribution in [0.5, 0.6) is 0 Å². The van der Waals surface area contributed by atoms with E-state index in [1.165, 1.54) is 0 Å². The first-order valence-corrected chi connectivity index (χ1v) is 8.93. The summed E-state index contributed by atoms with van der Waals surface area (Å²) >= 11 is 0. The van der Waals surface area contributed by atoms with Crippen molar-refractivity contribution in [3.8, 4) is 11.5 Å². The molecule has 7 nitrogen and oxygen atoms in total. The molecule has 0 spiro atoms. The van der Waals surface area contributed by atoms with Gasteiger partial charge in [0.05, 0.1) is 17.9 Å². The van der Waals surface area contributed by atoms with Crippen molar-refractivity contribution in [3.05, 3.63) is 65.8 Å². The summed E-state index contributed by atoms with van der Waals surface area (Å²) in [6.07, 6.45) is 3.23. The normalized spacial score (nSPS) is 11.5. The van der Waals surface area contributed by atoms with Gasteiger partial charge in [-0.3, -0.25) is 4.98 Å². The van der Waals surface area contributed by atoms with Crippen LogP contribution in [0.4, 0.5) is 0 Å². The Morgan fingerprint density at radius 3 is 2.62 bits per heavy atom. The number of nitrogens with one attached hydrogen (secondary N) is 1. The molecule has 124 valence electrons. The van der Waals surface area contributed by atoms with Crippen molar-refractivity contribution in [3.63, 3.8) is 0 Å². The number of rotatable bonds is 6. The van der Waals surface area contributed by atoms with Crippen LogP contribution in [-0.2, 0) is 22.3 Å². The fourth-order valence-electron chi connectivity index (χ4n) is 2.06. The van der Waals surface area contributed by atoms with Gasteiger partial charge < -0.3 is 4.42 Å². The number of hydrogen-bond donors (Lipinski definition) is 1. The highest BCUT2D eigenvalue weighted by Crippen LogP contribution is 2.16. The van der Waals surface area contributed by atoms with Crippen molar-refractivity contribution < 1.29 is 12.8 Å². The summed E-state index contributed by atoms with van der Waals surface area (Å²) in [7, 11) is -3.49. The summed E-state index contributed by atoms with van der Waals surface area (Å²) in [5, 5.41) is 7.73. The minimum absolute atomic E-state index is 0.0541. The van der Waals surface area contributed by atoms with Crippen LogP contribution in [0.2, 0.25) is 0 Å². The highest BCUT2D eigenvalue weighted by atomic mass is 32.2. The minimum atomic E-state index is -3.49. The summed E-state index contributed by atoms with van der Waals surface area (Å²) in [5.74, 6) is 0.397. The number of aryl methyl sites for hydroxylation is 1. The number of benzene rings is 1. The Balaban J connectivity index is 1.63. The summed E-state index contributed by atoms with van der Waals surface area (Å²) in [5.41, 5.74) is 2.48. The molecule has 0 aliphatic heterocycles.